The normalized spacial score (nSPS) is 16.7. The zero-order valence-electron chi connectivity index (χ0n) is 17.2. The van der Waals surface area contributed by atoms with Crippen molar-refractivity contribution in [3.05, 3.63) is 71.7 Å². The van der Waals surface area contributed by atoms with Gasteiger partial charge < -0.3 is 9.47 Å². The third kappa shape index (κ3) is 3.31. The summed E-state index contributed by atoms with van der Waals surface area (Å²) in [4.78, 5) is 19.0. The first-order chi connectivity index (χ1) is 13.9. The van der Waals surface area contributed by atoms with E-state index in [9.17, 15) is 4.79 Å². The van der Waals surface area contributed by atoms with Crippen LogP contribution in [0.1, 0.15) is 25.2 Å². The molecule has 0 unspecified atom stereocenters. The van der Waals surface area contributed by atoms with Gasteiger partial charge in [-0.05, 0) is 36.8 Å². The molecule has 1 aliphatic heterocycles. The van der Waals surface area contributed by atoms with Crippen molar-refractivity contribution in [2.24, 2.45) is 5.10 Å². The highest BCUT2D eigenvalue weighted by atomic mass is 16.2. The van der Waals surface area contributed by atoms with Crippen molar-refractivity contribution in [2.45, 2.75) is 32.7 Å². The van der Waals surface area contributed by atoms with Crippen LogP contribution in [0.3, 0.4) is 0 Å². The molecule has 0 radical (unpaired) electrons. The van der Waals surface area contributed by atoms with E-state index in [0.717, 1.165) is 22.6 Å². The van der Waals surface area contributed by atoms with Crippen molar-refractivity contribution in [2.75, 3.05) is 11.9 Å². The minimum absolute atomic E-state index is 0.117. The maximum atomic E-state index is 12.4. The van der Waals surface area contributed by atoms with Crippen LogP contribution >= 0.6 is 0 Å². The van der Waals surface area contributed by atoms with E-state index >= 15 is 0 Å². The molecule has 0 spiro atoms. The second-order valence-electron chi connectivity index (χ2n) is 7.80. The lowest BCUT2D eigenvalue weighted by Gasteiger charge is -2.23. The van der Waals surface area contributed by atoms with Crippen molar-refractivity contribution in [1.29, 1.82) is 0 Å². The number of carbonyl (C=O) groups is 1. The van der Waals surface area contributed by atoms with Gasteiger partial charge in [-0.2, -0.15) is 5.10 Å². The summed E-state index contributed by atoms with van der Waals surface area (Å²) in [5, 5.41) is 4.13. The van der Waals surface area contributed by atoms with Gasteiger partial charge in [0.2, 0.25) is 0 Å². The third-order valence-electron chi connectivity index (χ3n) is 5.58. The number of rotatable bonds is 4. The Labute approximate surface area is 170 Å². The van der Waals surface area contributed by atoms with Crippen LogP contribution in [0.2, 0.25) is 0 Å². The number of anilines is 1. The highest BCUT2D eigenvalue weighted by Crippen LogP contribution is 2.46. The van der Waals surface area contributed by atoms with E-state index in [0.29, 0.717) is 0 Å². The van der Waals surface area contributed by atoms with Gasteiger partial charge in [-0.3, -0.25) is 4.79 Å². The number of fused-ring (bicyclic) bond motifs is 2. The SMILES string of the molecule is Cc1nc2ccccc2n1CC(=O)N/N=C/C=C1\N(C)c2ccccc2C1(C)C. The molecule has 1 aliphatic rings. The molecule has 3 aromatic rings. The zero-order valence-corrected chi connectivity index (χ0v) is 17.2. The van der Waals surface area contributed by atoms with Crippen molar-refractivity contribution < 1.29 is 4.79 Å². The molecule has 0 saturated carbocycles. The van der Waals surface area contributed by atoms with Crippen LogP contribution in [0.4, 0.5) is 5.69 Å². The second-order valence-corrected chi connectivity index (χ2v) is 7.80. The highest BCUT2D eigenvalue weighted by Gasteiger charge is 2.37. The Morgan fingerprint density at radius 1 is 1.17 bits per heavy atom. The number of likely N-dealkylation sites (N-methyl/N-ethyl adjacent to an activating group) is 1. The largest absolute Gasteiger partial charge is 0.347 e. The lowest BCUT2D eigenvalue weighted by Crippen LogP contribution is -2.24. The number of aromatic nitrogens is 2. The number of aryl methyl sites for hydroxylation is 1. The lowest BCUT2D eigenvalue weighted by atomic mass is 9.84. The zero-order chi connectivity index (χ0) is 20.6. The average Bonchev–Trinajstić information content (AvgIpc) is 3.11. The number of imidazole rings is 1. The molecule has 29 heavy (non-hydrogen) atoms. The minimum atomic E-state index is -0.187. The van der Waals surface area contributed by atoms with E-state index in [4.69, 9.17) is 0 Å². The topological polar surface area (TPSA) is 62.5 Å². The molecule has 4 rings (SSSR count). The summed E-state index contributed by atoms with van der Waals surface area (Å²) in [5.74, 6) is 0.618. The Bertz CT molecular complexity index is 1140. The number of nitrogens with one attached hydrogen (secondary N) is 1. The van der Waals surface area contributed by atoms with Crippen molar-refractivity contribution in [1.82, 2.24) is 15.0 Å². The average molecular weight is 387 g/mol. The number of amides is 1. The minimum Gasteiger partial charge on any atom is -0.347 e. The van der Waals surface area contributed by atoms with Crippen LogP contribution in [0.25, 0.3) is 11.0 Å². The molecular formula is C23H25N5O. The van der Waals surface area contributed by atoms with Gasteiger partial charge in [-0.25, -0.2) is 10.4 Å². The fraction of sp³-hybridized carbons (Fsp3) is 0.261. The number of benzene rings is 2. The van der Waals surface area contributed by atoms with Gasteiger partial charge in [0.05, 0.1) is 11.0 Å². The number of hydrogen-bond donors (Lipinski definition) is 1. The summed E-state index contributed by atoms with van der Waals surface area (Å²) >= 11 is 0. The molecule has 1 amide bonds. The van der Waals surface area contributed by atoms with Crippen molar-refractivity contribution >= 4 is 28.8 Å². The second kappa shape index (κ2) is 7.20. The van der Waals surface area contributed by atoms with E-state index in [1.165, 1.54) is 11.3 Å². The molecule has 0 bridgehead atoms. The van der Waals surface area contributed by atoms with Gasteiger partial charge in [0.1, 0.15) is 12.4 Å². The molecule has 6 heteroatoms. The van der Waals surface area contributed by atoms with Crippen LogP contribution < -0.4 is 10.3 Å². The fourth-order valence-corrected chi connectivity index (χ4v) is 4.09. The third-order valence-corrected chi connectivity index (χ3v) is 5.58. The predicted octanol–water partition coefficient (Wildman–Crippen LogP) is 3.76. The van der Waals surface area contributed by atoms with Crippen LogP contribution in [-0.4, -0.2) is 28.7 Å². The Balaban J connectivity index is 1.45. The number of para-hydroxylation sites is 3. The van der Waals surface area contributed by atoms with Gasteiger partial charge in [-0.15, -0.1) is 0 Å². The van der Waals surface area contributed by atoms with Crippen LogP contribution in [-0.2, 0) is 16.8 Å². The number of allylic oxidation sites excluding steroid dienone is 2. The summed E-state index contributed by atoms with van der Waals surface area (Å²) in [7, 11) is 2.05. The first-order valence-corrected chi connectivity index (χ1v) is 9.67. The van der Waals surface area contributed by atoms with Crippen LogP contribution in [0, 0.1) is 6.92 Å². The molecule has 2 aromatic carbocycles. The molecule has 1 N–H and O–H groups in total. The molecule has 6 nitrogen and oxygen atoms in total. The molecule has 0 aliphatic carbocycles. The van der Waals surface area contributed by atoms with Crippen molar-refractivity contribution in [3.63, 3.8) is 0 Å². The van der Waals surface area contributed by atoms with Crippen LogP contribution in [0.15, 0.2) is 65.4 Å². The molecule has 2 heterocycles. The molecule has 0 saturated heterocycles. The number of hydrazone groups is 1. The smallest absolute Gasteiger partial charge is 0.260 e. The van der Waals surface area contributed by atoms with Gasteiger partial charge >= 0.3 is 0 Å². The molecule has 0 fully saturated rings. The maximum absolute atomic E-state index is 12.4. The van der Waals surface area contributed by atoms with E-state index in [1.807, 2.05) is 47.9 Å². The monoisotopic (exact) mass is 387 g/mol. The number of carbonyl (C=O) groups excluding carboxylic acids is 1. The fourth-order valence-electron chi connectivity index (χ4n) is 4.09. The Hall–Kier alpha value is -3.41. The summed E-state index contributed by atoms with van der Waals surface area (Å²) in [6, 6.07) is 16.2. The molecule has 0 atom stereocenters. The number of hydrogen-bond acceptors (Lipinski definition) is 4. The number of nitrogens with zero attached hydrogens (tertiary/aromatic N) is 4. The Kier molecular flexibility index (Phi) is 4.70. The summed E-state index contributed by atoms with van der Waals surface area (Å²) in [5.41, 5.74) is 7.95. The lowest BCUT2D eigenvalue weighted by molar-refractivity contribution is -0.121. The maximum Gasteiger partial charge on any atom is 0.260 e. The highest BCUT2D eigenvalue weighted by molar-refractivity contribution is 5.83. The molecule has 148 valence electrons. The van der Waals surface area contributed by atoms with Gasteiger partial charge in [0, 0.05) is 30.1 Å². The van der Waals surface area contributed by atoms with E-state index < -0.39 is 0 Å². The first kappa shape index (κ1) is 18.9. The Morgan fingerprint density at radius 3 is 2.69 bits per heavy atom. The standard InChI is InChI=1S/C23H25N5O/c1-16-25-18-10-6-8-12-20(18)28(16)15-22(29)26-24-14-13-21-23(2,3)17-9-5-7-11-19(17)27(21)4/h5-14H,15H2,1-4H3,(H,26,29)/b21-13-,24-14+. The molecule has 1 aromatic heterocycles. The Morgan fingerprint density at radius 2 is 1.90 bits per heavy atom. The van der Waals surface area contributed by atoms with Gasteiger partial charge in [0.15, 0.2) is 0 Å². The molecular weight excluding hydrogens is 362 g/mol. The summed E-state index contributed by atoms with van der Waals surface area (Å²) in [6.45, 7) is 6.47. The predicted molar refractivity (Wildman–Crippen MR) is 117 cm³/mol. The summed E-state index contributed by atoms with van der Waals surface area (Å²) in [6.07, 6.45) is 3.61. The van der Waals surface area contributed by atoms with Crippen molar-refractivity contribution in [3.8, 4) is 0 Å². The van der Waals surface area contributed by atoms with Crippen LogP contribution in [0.5, 0.6) is 0 Å². The quantitative estimate of drug-likeness (QED) is 0.548. The van der Waals surface area contributed by atoms with Gasteiger partial charge in [0.25, 0.3) is 5.91 Å². The van der Waals surface area contributed by atoms with E-state index in [1.54, 1.807) is 6.21 Å². The van der Waals surface area contributed by atoms with E-state index in [-0.39, 0.29) is 17.9 Å². The van der Waals surface area contributed by atoms with Gasteiger partial charge in [-0.1, -0.05) is 44.2 Å². The summed E-state index contributed by atoms with van der Waals surface area (Å²) < 4.78 is 1.89. The van der Waals surface area contributed by atoms with E-state index in [2.05, 4.69) is 59.5 Å². The first-order valence-electron chi connectivity index (χ1n) is 9.67.